The molecule has 8 nitrogen and oxygen atoms in total. The number of anilines is 2. The molecule has 1 aromatic heterocycles. The minimum atomic E-state index is -0.499. The van der Waals surface area contributed by atoms with E-state index in [0.717, 1.165) is 5.56 Å². The summed E-state index contributed by atoms with van der Waals surface area (Å²) in [7, 11) is 1.59. The number of hydrogen-bond donors (Lipinski definition) is 4. The Hall–Kier alpha value is -4.59. The van der Waals surface area contributed by atoms with Crippen LogP contribution in [0.15, 0.2) is 66.7 Å². The lowest BCUT2D eigenvalue weighted by Gasteiger charge is -2.11. The van der Waals surface area contributed by atoms with Gasteiger partial charge in [-0.25, -0.2) is 4.79 Å². The molecule has 0 fully saturated rings. The minimum Gasteiger partial charge on any atom is -0.508 e. The number of carbonyl (C=O) groups excluding carboxylic acids is 2. The number of aromatic hydroxyl groups is 1. The standard InChI is InChI=1S/C24H18N4O4/c1-32-16-11-5-13(6-12-16)21-20-22(28-27-21)17-3-2-4-18(19(17)23(20)30)26-24(31)25-14-7-9-15(29)10-8-14/h2-12,29H,1H3,(H,27,28)(H2,25,26,31). The van der Waals surface area contributed by atoms with Gasteiger partial charge < -0.3 is 20.5 Å². The number of ether oxygens (including phenoxy) is 1. The van der Waals surface area contributed by atoms with E-state index in [9.17, 15) is 14.7 Å². The smallest absolute Gasteiger partial charge is 0.323 e. The number of rotatable bonds is 4. The fraction of sp³-hybridized carbons (Fsp3) is 0.0417. The molecule has 1 aliphatic carbocycles. The number of H-pyrrole nitrogens is 1. The highest BCUT2D eigenvalue weighted by atomic mass is 16.5. The zero-order valence-corrected chi connectivity index (χ0v) is 17.0. The average molecular weight is 426 g/mol. The summed E-state index contributed by atoms with van der Waals surface area (Å²) in [6.07, 6.45) is 0. The van der Waals surface area contributed by atoms with Crippen LogP contribution in [0, 0.1) is 0 Å². The number of aromatic amines is 1. The van der Waals surface area contributed by atoms with Crippen LogP contribution in [0.2, 0.25) is 0 Å². The van der Waals surface area contributed by atoms with Gasteiger partial charge in [0.2, 0.25) is 0 Å². The molecule has 0 radical (unpaired) electrons. The van der Waals surface area contributed by atoms with E-state index < -0.39 is 6.03 Å². The van der Waals surface area contributed by atoms with Crippen LogP contribution >= 0.6 is 0 Å². The Morgan fingerprint density at radius 1 is 0.969 bits per heavy atom. The predicted molar refractivity (Wildman–Crippen MR) is 120 cm³/mol. The zero-order chi connectivity index (χ0) is 22.2. The maximum absolute atomic E-state index is 13.4. The van der Waals surface area contributed by atoms with Crippen molar-refractivity contribution in [1.29, 1.82) is 0 Å². The molecule has 4 N–H and O–H groups in total. The number of ketones is 1. The molecule has 5 rings (SSSR count). The molecule has 3 aromatic carbocycles. The summed E-state index contributed by atoms with van der Waals surface area (Å²) in [6, 6.07) is 18.2. The summed E-state index contributed by atoms with van der Waals surface area (Å²) >= 11 is 0. The SMILES string of the molecule is COc1ccc(-c2n[nH]c3c2C(=O)c2c(NC(=O)Nc4ccc(O)cc4)cccc2-3)cc1. The van der Waals surface area contributed by atoms with Crippen molar-refractivity contribution in [3.8, 4) is 34.0 Å². The van der Waals surface area contributed by atoms with Crippen LogP contribution < -0.4 is 15.4 Å². The highest BCUT2D eigenvalue weighted by Crippen LogP contribution is 2.43. The molecule has 0 saturated carbocycles. The number of phenols is 1. The van der Waals surface area contributed by atoms with Gasteiger partial charge in [0.15, 0.2) is 5.78 Å². The Morgan fingerprint density at radius 3 is 2.44 bits per heavy atom. The van der Waals surface area contributed by atoms with Gasteiger partial charge in [0.25, 0.3) is 0 Å². The fourth-order valence-electron chi connectivity index (χ4n) is 3.78. The molecule has 0 spiro atoms. The van der Waals surface area contributed by atoms with Gasteiger partial charge in [0, 0.05) is 16.8 Å². The lowest BCUT2D eigenvalue weighted by Crippen LogP contribution is -2.20. The second-order valence-electron chi connectivity index (χ2n) is 7.23. The molecule has 158 valence electrons. The molecular formula is C24H18N4O4. The zero-order valence-electron chi connectivity index (χ0n) is 17.0. The third-order valence-electron chi connectivity index (χ3n) is 5.29. The van der Waals surface area contributed by atoms with Crippen molar-refractivity contribution < 1.29 is 19.4 Å². The first-order valence-corrected chi connectivity index (χ1v) is 9.83. The van der Waals surface area contributed by atoms with Gasteiger partial charge in [-0.15, -0.1) is 0 Å². The summed E-state index contributed by atoms with van der Waals surface area (Å²) in [4.78, 5) is 25.9. The van der Waals surface area contributed by atoms with E-state index in [1.165, 1.54) is 12.1 Å². The molecular weight excluding hydrogens is 408 g/mol. The van der Waals surface area contributed by atoms with Crippen molar-refractivity contribution in [3.63, 3.8) is 0 Å². The van der Waals surface area contributed by atoms with Crippen molar-refractivity contribution in [3.05, 3.63) is 77.9 Å². The number of urea groups is 1. The third kappa shape index (κ3) is 3.24. The number of phenolic OH excluding ortho intramolecular Hbond substituents is 1. The van der Waals surface area contributed by atoms with Gasteiger partial charge in [-0.2, -0.15) is 5.10 Å². The number of aromatic nitrogens is 2. The molecule has 0 bridgehead atoms. The van der Waals surface area contributed by atoms with Gasteiger partial charge in [0.1, 0.15) is 17.2 Å². The molecule has 0 saturated heterocycles. The largest absolute Gasteiger partial charge is 0.508 e. The van der Waals surface area contributed by atoms with E-state index in [1.54, 1.807) is 31.4 Å². The number of benzene rings is 3. The van der Waals surface area contributed by atoms with Crippen molar-refractivity contribution in [2.45, 2.75) is 0 Å². The molecule has 32 heavy (non-hydrogen) atoms. The lowest BCUT2D eigenvalue weighted by molar-refractivity contribution is 0.104. The average Bonchev–Trinajstić information content (AvgIpc) is 3.36. The first kappa shape index (κ1) is 19.4. The Labute approximate surface area is 182 Å². The number of carbonyl (C=O) groups is 2. The van der Waals surface area contributed by atoms with Crippen LogP contribution in [0.3, 0.4) is 0 Å². The van der Waals surface area contributed by atoms with Crippen molar-refractivity contribution >= 4 is 23.2 Å². The molecule has 1 heterocycles. The molecule has 2 amide bonds. The quantitative estimate of drug-likeness (QED) is 0.312. The number of hydrogen-bond acceptors (Lipinski definition) is 5. The summed E-state index contributed by atoms with van der Waals surface area (Å²) in [6.45, 7) is 0. The molecule has 0 atom stereocenters. The van der Waals surface area contributed by atoms with E-state index in [4.69, 9.17) is 4.74 Å². The summed E-state index contributed by atoms with van der Waals surface area (Å²) in [5.74, 6) is 0.599. The number of amides is 2. The molecule has 0 aliphatic heterocycles. The predicted octanol–water partition coefficient (Wildman–Crippen LogP) is 4.65. The summed E-state index contributed by atoms with van der Waals surface area (Å²) < 4.78 is 5.20. The van der Waals surface area contributed by atoms with Gasteiger partial charge in [-0.05, 0) is 54.6 Å². The van der Waals surface area contributed by atoms with Crippen LogP contribution in [0.1, 0.15) is 15.9 Å². The number of methoxy groups -OCH3 is 1. The highest BCUT2D eigenvalue weighted by Gasteiger charge is 2.35. The van der Waals surface area contributed by atoms with Crippen LogP contribution in [0.5, 0.6) is 11.5 Å². The lowest BCUT2D eigenvalue weighted by atomic mass is 10.0. The fourth-order valence-corrected chi connectivity index (χ4v) is 3.78. The summed E-state index contributed by atoms with van der Waals surface area (Å²) in [5.41, 5.74) is 4.42. The Kier molecular flexibility index (Phi) is 4.59. The van der Waals surface area contributed by atoms with Crippen molar-refractivity contribution in [2.24, 2.45) is 0 Å². The molecule has 0 unspecified atom stereocenters. The normalized spacial score (nSPS) is 11.6. The minimum absolute atomic E-state index is 0.102. The Morgan fingerprint density at radius 2 is 1.72 bits per heavy atom. The van der Waals surface area contributed by atoms with Gasteiger partial charge in [-0.1, -0.05) is 12.1 Å². The van der Waals surface area contributed by atoms with Crippen LogP contribution in [-0.2, 0) is 0 Å². The van der Waals surface area contributed by atoms with Gasteiger partial charge in [-0.3, -0.25) is 9.89 Å². The molecule has 4 aromatic rings. The van der Waals surface area contributed by atoms with Crippen molar-refractivity contribution in [2.75, 3.05) is 17.7 Å². The topological polar surface area (TPSA) is 116 Å². The van der Waals surface area contributed by atoms with E-state index in [0.29, 0.717) is 45.2 Å². The maximum atomic E-state index is 13.4. The number of nitrogens with one attached hydrogen (secondary N) is 3. The maximum Gasteiger partial charge on any atom is 0.323 e. The highest BCUT2D eigenvalue weighted by molar-refractivity contribution is 6.27. The van der Waals surface area contributed by atoms with E-state index >= 15 is 0 Å². The first-order valence-electron chi connectivity index (χ1n) is 9.83. The summed E-state index contributed by atoms with van der Waals surface area (Å²) in [5, 5.41) is 22.1. The molecule has 1 aliphatic rings. The monoisotopic (exact) mass is 426 g/mol. The Balaban J connectivity index is 1.45. The van der Waals surface area contributed by atoms with E-state index in [-0.39, 0.29) is 11.5 Å². The van der Waals surface area contributed by atoms with Crippen LogP contribution in [0.4, 0.5) is 16.2 Å². The molecule has 8 heteroatoms. The van der Waals surface area contributed by atoms with Gasteiger partial charge >= 0.3 is 6.03 Å². The van der Waals surface area contributed by atoms with Crippen molar-refractivity contribution in [1.82, 2.24) is 10.2 Å². The van der Waals surface area contributed by atoms with E-state index in [2.05, 4.69) is 20.8 Å². The van der Waals surface area contributed by atoms with Crippen LogP contribution in [-0.4, -0.2) is 34.2 Å². The van der Waals surface area contributed by atoms with E-state index in [1.807, 2.05) is 30.3 Å². The van der Waals surface area contributed by atoms with Gasteiger partial charge in [0.05, 0.1) is 29.6 Å². The first-order chi connectivity index (χ1) is 15.5. The second kappa shape index (κ2) is 7.59. The number of nitrogens with zero attached hydrogens (tertiary/aromatic N) is 1. The number of fused-ring (bicyclic) bond motifs is 3. The third-order valence-corrected chi connectivity index (χ3v) is 5.29. The second-order valence-corrected chi connectivity index (χ2v) is 7.23. The Bertz CT molecular complexity index is 1340. The van der Waals surface area contributed by atoms with Crippen LogP contribution in [0.25, 0.3) is 22.5 Å².